The Bertz CT molecular complexity index is 1000. The summed E-state index contributed by atoms with van der Waals surface area (Å²) in [6, 6.07) is 11.3. The molecule has 0 aliphatic rings. The number of amides is 1. The number of methoxy groups -OCH3 is 1. The van der Waals surface area contributed by atoms with Gasteiger partial charge in [-0.2, -0.15) is 0 Å². The number of thiophene rings is 1. The van der Waals surface area contributed by atoms with Gasteiger partial charge < -0.3 is 10.1 Å². The Hall–Kier alpha value is -2.64. The van der Waals surface area contributed by atoms with Crippen LogP contribution >= 0.6 is 22.7 Å². The first-order valence-corrected chi connectivity index (χ1v) is 8.96. The van der Waals surface area contributed by atoms with Crippen LogP contribution in [0, 0.1) is 0 Å². The van der Waals surface area contributed by atoms with E-state index in [0.717, 1.165) is 15.5 Å². The number of thiazole rings is 1. The summed E-state index contributed by atoms with van der Waals surface area (Å²) >= 11 is 3.08. The van der Waals surface area contributed by atoms with E-state index in [1.54, 1.807) is 24.5 Å². The second-order valence-corrected chi connectivity index (χ2v) is 6.85. The minimum absolute atomic E-state index is 0.176. The zero-order chi connectivity index (χ0) is 16.5. The second-order valence-electron chi connectivity index (χ2n) is 5.06. The Kier molecular flexibility index (Phi) is 3.79. The molecule has 3 aromatic heterocycles. The standard InChI is InChI=1S/C17H13N3O2S2/c1-22-12-5-2-4-11(8-12)18-16(21)14-10-24-17-19-13(9-20(14)17)15-6-3-7-23-15/h2-10H,1H3,(H,18,21). The number of aromatic nitrogens is 2. The monoisotopic (exact) mass is 355 g/mol. The number of fused-ring (bicyclic) bond motifs is 1. The van der Waals surface area contributed by atoms with Gasteiger partial charge in [0.25, 0.3) is 5.91 Å². The van der Waals surface area contributed by atoms with E-state index in [-0.39, 0.29) is 5.91 Å². The van der Waals surface area contributed by atoms with Gasteiger partial charge in [-0.25, -0.2) is 4.98 Å². The molecule has 0 saturated heterocycles. The Morgan fingerprint density at radius 3 is 2.96 bits per heavy atom. The van der Waals surface area contributed by atoms with Crippen LogP contribution in [-0.4, -0.2) is 22.4 Å². The number of carbonyl (C=O) groups is 1. The van der Waals surface area contributed by atoms with E-state index in [4.69, 9.17) is 4.74 Å². The molecule has 1 N–H and O–H groups in total. The molecular weight excluding hydrogens is 342 g/mol. The highest BCUT2D eigenvalue weighted by molar-refractivity contribution is 7.15. The van der Waals surface area contributed by atoms with E-state index in [2.05, 4.69) is 10.3 Å². The van der Waals surface area contributed by atoms with E-state index in [0.29, 0.717) is 17.1 Å². The SMILES string of the molecule is COc1cccc(NC(=O)c2csc3nc(-c4cccs4)cn23)c1. The summed E-state index contributed by atoms with van der Waals surface area (Å²) in [7, 11) is 1.60. The molecule has 0 aliphatic carbocycles. The van der Waals surface area contributed by atoms with Gasteiger partial charge in [-0.05, 0) is 23.6 Å². The Balaban J connectivity index is 1.64. The van der Waals surface area contributed by atoms with Gasteiger partial charge in [-0.15, -0.1) is 22.7 Å². The highest BCUT2D eigenvalue weighted by atomic mass is 32.1. The fourth-order valence-electron chi connectivity index (χ4n) is 2.39. The smallest absolute Gasteiger partial charge is 0.273 e. The zero-order valence-electron chi connectivity index (χ0n) is 12.7. The molecule has 7 heteroatoms. The number of carbonyl (C=O) groups excluding carboxylic acids is 1. The summed E-state index contributed by atoms with van der Waals surface area (Å²) in [4.78, 5) is 19.1. The molecule has 0 saturated carbocycles. The largest absolute Gasteiger partial charge is 0.497 e. The zero-order valence-corrected chi connectivity index (χ0v) is 14.4. The van der Waals surface area contributed by atoms with E-state index < -0.39 is 0 Å². The van der Waals surface area contributed by atoms with Crippen LogP contribution in [0.5, 0.6) is 5.75 Å². The molecule has 4 aromatic rings. The van der Waals surface area contributed by atoms with Gasteiger partial charge in [0.1, 0.15) is 17.1 Å². The average Bonchev–Trinajstić information content (AvgIpc) is 3.30. The topological polar surface area (TPSA) is 55.6 Å². The number of hydrogen-bond donors (Lipinski definition) is 1. The predicted octanol–water partition coefficient (Wildman–Crippen LogP) is 4.39. The van der Waals surface area contributed by atoms with Gasteiger partial charge in [-0.3, -0.25) is 9.20 Å². The molecule has 120 valence electrons. The maximum absolute atomic E-state index is 12.6. The number of hydrogen-bond acceptors (Lipinski definition) is 5. The van der Waals surface area contributed by atoms with E-state index in [1.165, 1.54) is 11.3 Å². The van der Waals surface area contributed by atoms with Gasteiger partial charge in [-0.1, -0.05) is 12.1 Å². The molecule has 24 heavy (non-hydrogen) atoms. The average molecular weight is 355 g/mol. The van der Waals surface area contributed by atoms with Gasteiger partial charge >= 0.3 is 0 Å². The number of anilines is 1. The molecule has 0 radical (unpaired) electrons. The highest BCUT2D eigenvalue weighted by Gasteiger charge is 2.16. The molecular formula is C17H13N3O2S2. The Labute approximate surface area is 146 Å². The van der Waals surface area contributed by atoms with Gasteiger partial charge in [0.15, 0.2) is 4.96 Å². The fourth-order valence-corrected chi connectivity index (χ4v) is 3.92. The summed E-state index contributed by atoms with van der Waals surface area (Å²) in [6.45, 7) is 0. The number of rotatable bonds is 4. The maximum Gasteiger partial charge on any atom is 0.273 e. The van der Waals surface area contributed by atoms with E-state index in [1.807, 2.05) is 51.7 Å². The highest BCUT2D eigenvalue weighted by Crippen LogP contribution is 2.27. The quantitative estimate of drug-likeness (QED) is 0.591. The predicted molar refractivity (Wildman–Crippen MR) is 97.3 cm³/mol. The van der Waals surface area contributed by atoms with Gasteiger partial charge in [0.05, 0.1) is 12.0 Å². The summed E-state index contributed by atoms with van der Waals surface area (Å²) in [6.07, 6.45) is 1.90. The minimum atomic E-state index is -0.176. The van der Waals surface area contributed by atoms with Crippen LogP contribution in [-0.2, 0) is 0 Å². The number of ether oxygens (including phenoxy) is 1. The summed E-state index contributed by atoms with van der Waals surface area (Å²) < 4.78 is 7.01. The molecule has 0 unspecified atom stereocenters. The Morgan fingerprint density at radius 2 is 2.17 bits per heavy atom. The van der Waals surface area contributed by atoms with Crippen LogP contribution in [0.4, 0.5) is 5.69 Å². The minimum Gasteiger partial charge on any atom is -0.497 e. The van der Waals surface area contributed by atoms with Crippen molar-refractivity contribution in [1.82, 2.24) is 9.38 Å². The first kappa shape index (κ1) is 14.9. The normalized spacial score (nSPS) is 10.9. The number of nitrogens with one attached hydrogen (secondary N) is 1. The van der Waals surface area contributed by atoms with Crippen LogP contribution in [0.25, 0.3) is 15.5 Å². The maximum atomic E-state index is 12.6. The van der Waals surface area contributed by atoms with Crippen molar-refractivity contribution in [3.8, 4) is 16.3 Å². The number of imidazole rings is 1. The number of benzene rings is 1. The summed E-state index contributed by atoms with van der Waals surface area (Å²) in [5.74, 6) is 0.524. The lowest BCUT2D eigenvalue weighted by atomic mass is 10.3. The van der Waals surface area contributed by atoms with Crippen molar-refractivity contribution >= 4 is 39.2 Å². The van der Waals surface area contributed by atoms with Crippen LogP contribution in [0.2, 0.25) is 0 Å². The molecule has 1 amide bonds. The third kappa shape index (κ3) is 2.68. The van der Waals surface area contributed by atoms with Crippen molar-refractivity contribution in [1.29, 1.82) is 0 Å². The van der Waals surface area contributed by atoms with Crippen LogP contribution in [0.15, 0.2) is 53.4 Å². The molecule has 3 heterocycles. The lowest BCUT2D eigenvalue weighted by Gasteiger charge is -2.06. The second kappa shape index (κ2) is 6.10. The third-order valence-corrected chi connectivity index (χ3v) is 5.28. The van der Waals surface area contributed by atoms with Gasteiger partial charge in [0, 0.05) is 23.3 Å². The van der Waals surface area contributed by atoms with Crippen molar-refractivity contribution in [2.24, 2.45) is 0 Å². The molecule has 0 fully saturated rings. The molecule has 4 rings (SSSR count). The molecule has 0 atom stereocenters. The molecule has 0 spiro atoms. The first-order chi connectivity index (χ1) is 11.7. The molecule has 0 aliphatic heterocycles. The van der Waals surface area contributed by atoms with E-state index >= 15 is 0 Å². The lowest BCUT2D eigenvalue weighted by molar-refractivity contribution is 0.102. The van der Waals surface area contributed by atoms with Crippen LogP contribution < -0.4 is 10.1 Å². The molecule has 1 aromatic carbocycles. The van der Waals surface area contributed by atoms with E-state index in [9.17, 15) is 4.79 Å². The number of nitrogens with zero attached hydrogens (tertiary/aromatic N) is 2. The van der Waals surface area contributed by atoms with Gasteiger partial charge in [0.2, 0.25) is 0 Å². The fraction of sp³-hybridized carbons (Fsp3) is 0.0588. The van der Waals surface area contributed by atoms with Crippen LogP contribution in [0.1, 0.15) is 10.5 Å². The van der Waals surface area contributed by atoms with Crippen molar-refractivity contribution in [3.05, 3.63) is 59.0 Å². The van der Waals surface area contributed by atoms with Crippen molar-refractivity contribution in [3.63, 3.8) is 0 Å². The molecule has 0 bridgehead atoms. The van der Waals surface area contributed by atoms with Crippen molar-refractivity contribution < 1.29 is 9.53 Å². The van der Waals surface area contributed by atoms with Crippen molar-refractivity contribution in [2.75, 3.05) is 12.4 Å². The third-order valence-electron chi connectivity index (χ3n) is 3.54. The Morgan fingerprint density at radius 1 is 1.25 bits per heavy atom. The summed E-state index contributed by atoms with van der Waals surface area (Å²) in [5, 5.41) is 6.73. The first-order valence-electron chi connectivity index (χ1n) is 7.20. The van der Waals surface area contributed by atoms with Crippen LogP contribution in [0.3, 0.4) is 0 Å². The molecule has 5 nitrogen and oxygen atoms in total. The lowest BCUT2D eigenvalue weighted by Crippen LogP contribution is -2.13. The van der Waals surface area contributed by atoms with Crippen molar-refractivity contribution in [2.45, 2.75) is 0 Å². The summed E-state index contributed by atoms with van der Waals surface area (Å²) in [5.41, 5.74) is 2.14.